The zero-order valence-electron chi connectivity index (χ0n) is 22.1. The van der Waals surface area contributed by atoms with Gasteiger partial charge in [-0.05, 0) is 49.7 Å². The molecule has 0 radical (unpaired) electrons. The van der Waals surface area contributed by atoms with Gasteiger partial charge in [0.1, 0.15) is 29.8 Å². The normalized spacial score (nSPS) is 11.7. The van der Waals surface area contributed by atoms with Crippen LogP contribution in [0, 0.1) is 5.82 Å². The lowest BCUT2D eigenvalue weighted by Crippen LogP contribution is -2.38. The van der Waals surface area contributed by atoms with Crippen LogP contribution >= 0.6 is 0 Å². The number of amides is 1. The van der Waals surface area contributed by atoms with Crippen LogP contribution in [0.25, 0.3) is 11.3 Å². The van der Waals surface area contributed by atoms with E-state index in [2.05, 4.69) is 25.6 Å². The maximum atomic E-state index is 13.3. The molecule has 0 atom stereocenters. The van der Waals surface area contributed by atoms with Crippen molar-refractivity contribution in [1.29, 1.82) is 0 Å². The summed E-state index contributed by atoms with van der Waals surface area (Å²) in [6, 6.07) is 12.5. The summed E-state index contributed by atoms with van der Waals surface area (Å²) in [4.78, 5) is 25.3. The summed E-state index contributed by atoms with van der Waals surface area (Å²) in [5.41, 5.74) is 12.0. The summed E-state index contributed by atoms with van der Waals surface area (Å²) in [6.07, 6.45) is -2.66. The summed E-state index contributed by atoms with van der Waals surface area (Å²) < 4.78 is 58.9. The van der Waals surface area contributed by atoms with Crippen LogP contribution in [-0.2, 0) is 12.7 Å². The average molecular weight is 570 g/mol. The number of benzene rings is 2. The molecule has 0 aliphatic rings. The zero-order chi connectivity index (χ0) is 29.8. The van der Waals surface area contributed by atoms with Crippen LogP contribution in [0.5, 0.6) is 5.88 Å². The van der Waals surface area contributed by atoms with Crippen molar-refractivity contribution in [2.45, 2.75) is 32.1 Å². The minimum absolute atomic E-state index is 0.0653. The maximum Gasteiger partial charge on any atom is 0.417 e. The van der Waals surface area contributed by atoms with Crippen LogP contribution in [0.15, 0.2) is 67.0 Å². The molecule has 13 heteroatoms. The molecule has 214 valence electrons. The van der Waals surface area contributed by atoms with Gasteiger partial charge in [-0.15, -0.1) is 0 Å². The molecule has 0 saturated heterocycles. The second-order valence-electron chi connectivity index (χ2n) is 9.85. The number of rotatable bonds is 9. The lowest BCUT2D eigenvalue weighted by molar-refractivity contribution is -0.137. The minimum Gasteiger partial charge on any atom is -0.475 e. The van der Waals surface area contributed by atoms with Gasteiger partial charge < -0.3 is 26.8 Å². The molecule has 4 aromatic rings. The highest BCUT2D eigenvalue weighted by Gasteiger charge is 2.32. The van der Waals surface area contributed by atoms with Gasteiger partial charge in [-0.2, -0.15) is 13.2 Å². The summed E-state index contributed by atoms with van der Waals surface area (Å²) >= 11 is 0. The Labute approximate surface area is 233 Å². The second kappa shape index (κ2) is 11.8. The summed E-state index contributed by atoms with van der Waals surface area (Å²) in [7, 11) is 0. The number of aromatic nitrogens is 3. The quantitative estimate of drug-likeness (QED) is 0.200. The van der Waals surface area contributed by atoms with E-state index < -0.39 is 29.0 Å². The van der Waals surface area contributed by atoms with Crippen molar-refractivity contribution in [1.82, 2.24) is 15.0 Å². The molecule has 0 saturated carbocycles. The zero-order valence-corrected chi connectivity index (χ0v) is 22.1. The Balaban J connectivity index is 1.51. The number of ether oxygens (including phenoxy) is 1. The number of alkyl halides is 3. The monoisotopic (exact) mass is 569 g/mol. The predicted molar refractivity (Wildman–Crippen MR) is 147 cm³/mol. The molecule has 0 bridgehead atoms. The highest BCUT2D eigenvalue weighted by atomic mass is 19.4. The van der Waals surface area contributed by atoms with Gasteiger partial charge in [0.25, 0.3) is 5.91 Å². The first-order valence-electron chi connectivity index (χ1n) is 12.3. The van der Waals surface area contributed by atoms with Crippen molar-refractivity contribution in [3.8, 4) is 17.1 Å². The number of halogens is 4. The van der Waals surface area contributed by atoms with Crippen molar-refractivity contribution >= 4 is 23.2 Å². The molecule has 0 unspecified atom stereocenters. The molecule has 9 nitrogen and oxygen atoms in total. The first-order valence-corrected chi connectivity index (χ1v) is 12.3. The Kier molecular flexibility index (Phi) is 8.38. The number of nitrogens with zero attached hydrogens (tertiary/aromatic N) is 3. The third-order valence-corrected chi connectivity index (χ3v) is 5.62. The molecule has 0 aliphatic carbocycles. The molecular weight excluding hydrogens is 542 g/mol. The lowest BCUT2D eigenvalue weighted by atomic mass is 10.1. The molecule has 0 spiro atoms. The highest BCUT2D eigenvalue weighted by Crippen LogP contribution is 2.31. The largest absolute Gasteiger partial charge is 0.475 e. The standard InChI is InChI=1S/C28H27F4N7O2/c1-27(2,34)15-41-22-14-35-24(33)23(39-22)17-5-3-16(4-6-17)12-36-25-21(11-18(13-37-25)28(30,31)32)26(40)38-20-9-7-19(29)8-10-20/h3-11,13-14H,12,15,34H2,1-2H3,(H2,33,35)(H,36,37)(H,38,40). The fourth-order valence-electron chi connectivity index (χ4n) is 3.56. The number of hydrogen-bond donors (Lipinski definition) is 4. The molecule has 0 fully saturated rings. The second-order valence-corrected chi connectivity index (χ2v) is 9.85. The topological polar surface area (TPSA) is 141 Å². The van der Waals surface area contributed by atoms with Gasteiger partial charge in [-0.25, -0.2) is 19.3 Å². The first-order chi connectivity index (χ1) is 19.3. The molecule has 41 heavy (non-hydrogen) atoms. The van der Waals surface area contributed by atoms with Crippen LogP contribution in [-0.4, -0.2) is 33.0 Å². The Morgan fingerprint density at radius 2 is 1.68 bits per heavy atom. The van der Waals surface area contributed by atoms with Crippen molar-refractivity contribution in [3.63, 3.8) is 0 Å². The number of nitrogens with one attached hydrogen (secondary N) is 2. The predicted octanol–water partition coefficient (Wildman–Crippen LogP) is 5.26. The molecule has 0 aliphatic heterocycles. The van der Waals surface area contributed by atoms with E-state index in [-0.39, 0.29) is 41.9 Å². The van der Waals surface area contributed by atoms with E-state index in [4.69, 9.17) is 16.2 Å². The van der Waals surface area contributed by atoms with E-state index >= 15 is 0 Å². The van der Waals surface area contributed by atoms with E-state index in [1.807, 2.05) is 13.8 Å². The Morgan fingerprint density at radius 3 is 2.32 bits per heavy atom. The molecule has 1 amide bonds. The van der Waals surface area contributed by atoms with E-state index in [0.717, 1.165) is 17.7 Å². The molecule has 6 N–H and O–H groups in total. The number of carbonyl (C=O) groups is 1. The van der Waals surface area contributed by atoms with Crippen LogP contribution in [0.3, 0.4) is 0 Å². The number of anilines is 3. The number of nitrogen functional groups attached to an aromatic ring is 1. The Hall–Kier alpha value is -4.78. The molecule has 2 aromatic carbocycles. The third kappa shape index (κ3) is 7.88. The number of carbonyl (C=O) groups excluding carboxylic acids is 1. The van der Waals surface area contributed by atoms with Gasteiger partial charge in [-0.3, -0.25) is 4.79 Å². The van der Waals surface area contributed by atoms with Gasteiger partial charge in [0.15, 0.2) is 0 Å². The Bertz CT molecular complexity index is 1520. The lowest BCUT2D eigenvalue weighted by Gasteiger charge is -2.18. The minimum atomic E-state index is -4.71. The van der Waals surface area contributed by atoms with Gasteiger partial charge in [-0.1, -0.05) is 24.3 Å². The van der Waals surface area contributed by atoms with E-state index in [9.17, 15) is 22.4 Å². The van der Waals surface area contributed by atoms with Gasteiger partial charge in [0.2, 0.25) is 5.88 Å². The van der Waals surface area contributed by atoms with Crippen LogP contribution < -0.4 is 26.8 Å². The third-order valence-electron chi connectivity index (χ3n) is 5.62. The smallest absolute Gasteiger partial charge is 0.417 e. The maximum absolute atomic E-state index is 13.3. The summed E-state index contributed by atoms with van der Waals surface area (Å²) in [5.74, 6) is -0.977. The van der Waals surface area contributed by atoms with E-state index in [1.165, 1.54) is 18.3 Å². The highest BCUT2D eigenvalue weighted by molar-refractivity contribution is 6.07. The molecular formula is C28H27F4N7O2. The fourth-order valence-corrected chi connectivity index (χ4v) is 3.56. The average Bonchev–Trinajstić information content (AvgIpc) is 2.92. The van der Waals surface area contributed by atoms with E-state index in [1.54, 1.807) is 24.3 Å². The van der Waals surface area contributed by atoms with Crippen molar-refractivity contribution < 1.29 is 27.1 Å². The molecule has 4 rings (SSSR count). The van der Waals surface area contributed by atoms with Gasteiger partial charge in [0.05, 0.1) is 17.3 Å². The van der Waals surface area contributed by atoms with Crippen LogP contribution in [0.4, 0.5) is 34.9 Å². The Morgan fingerprint density at radius 1 is 1.00 bits per heavy atom. The molecule has 2 aromatic heterocycles. The van der Waals surface area contributed by atoms with Crippen LogP contribution in [0.2, 0.25) is 0 Å². The van der Waals surface area contributed by atoms with Crippen molar-refractivity contribution in [2.75, 3.05) is 23.0 Å². The summed E-state index contributed by atoms with van der Waals surface area (Å²) in [6.45, 7) is 3.97. The summed E-state index contributed by atoms with van der Waals surface area (Å²) in [5, 5.41) is 5.37. The molecule has 2 heterocycles. The van der Waals surface area contributed by atoms with Crippen molar-refractivity contribution in [2.24, 2.45) is 5.73 Å². The number of hydrogen-bond acceptors (Lipinski definition) is 8. The van der Waals surface area contributed by atoms with Gasteiger partial charge in [0, 0.05) is 29.5 Å². The first kappa shape index (κ1) is 29.2. The van der Waals surface area contributed by atoms with E-state index in [0.29, 0.717) is 23.5 Å². The number of nitrogens with two attached hydrogens (primary N) is 2. The van der Waals surface area contributed by atoms with Crippen molar-refractivity contribution in [3.05, 3.63) is 89.5 Å². The SMILES string of the molecule is CC(C)(N)COc1cnc(N)c(-c2ccc(CNc3ncc(C(F)(F)F)cc3C(=O)Nc3ccc(F)cc3)cc2)n1. The van der Waals surface area contributed by atoms with Gasteiger partial charge >= 0.3 is 6.18 Å². The number of pyridine rings is 1. The van der Waals surface area contributed by atoms with Crippen LogP contribution in [0.1, 0.15) is 35.3 Å². The fraction of sp³-hybridized carbons (Fsp3) is 0.214.